The number of anilines is 1. The van der Waals surface area contributed by atoms with Gasteiger partial charge in [-0.15, -0.1) is 0 Å². The van der Waals surface area contributed by atoms with Gasteiger partial charge < -0.3 is 4.90 Å². The van der Waals surface area contributed by atoms with Gasteiger partial charge in [0.15, 0.2) is 0 Å². The van der Waals surface area contributed by atoms with Crippen molar-refractivity contribution < 1.29 is 13.2 Å². The maximum Gasteiger partial charge on any atom is 0.264 e. The lowest BCUT2D eigenvalue weighted by Crippen LogP contribution is -2.43. The molecule has 7 heteroatoms. The van der Waals surface area contributed by atoms with Crippen LogP contribution in [0.2, 0.25) is 5.02 Å². The van der Waals surface area contributed by atoms with E-state index in [4.69, 9.17) is 11.6 Å². The summed E-state index contributed by atoms with van der Waals surface area (Å²) in [4.78, 5) is 14.8. The van der Waals surface area contributed by atoms with Crippen molar-refractivity contribution >= 4 is 33.2 Å². The molecule has 2 aromatic rings. The number of carbonyl (C=O) groups excluding carboxylic acids is 1. The number of hydrogen-bond donors (Lipinski definition) is 0. The Balaban J connectivity index is 1.78. The van der Waals surface area contributed by atoms with Gasteiger partial charge in [-0.25, -0.2) is 8.42 Å². The smallest absolute Gasteiger partial charge is 0.264 e. The predicted molar refractivity (Wildman–Crippen MR) is 112 cm³/mol. The summed E-state index contributed by atoms with van der Waals surface area (Å²) in [6.45, 7) is 5.84. The summed E-state index contributed by atoms with van der Waals surface area (Å²) in [5.41, 5.74) is 1.19. The molecular formula is C21H25ClN2O3S. The van der Waals surface area contributed by atoms with E-state index >= 15 is 0 Å². The Morgan fingerprint density at radius 2 is 1.68 bits per heavy atom. The molecule has 3 rings (SSSR count). The van der Waals surface area contributed by atoms with Crippen LogP contribution in [0.25, 0.3) is 0 Å². The molecule has 1 amide bonds. The Hall–Kier alpha value is -2.05. The summed E-state index contributed by atoms with van der Waals surface area (Å²) in [6, 6.07) is 12.7. The molecule has 1 saturated heterocycles. The molecule has 0 bridgehead atoms. The van der Waals surface area contributed by atoms with Crippen molar-refractivity contribution in [1.82, 2.24) is 4.90 Å². The van der Waals surface area contributed by atoms with Gasteiger partial charge in [-0.1, -0.05) is 25.4 Å². The van der Waals surface area contributed by atoms with E-state index in [9.17, 15) is 13.2 Å². The minimum Gasteiger partial charge on any atom is -0.338 e. The Kier molecular flexibility index (Phi) is 5.73. The number of rotatable bonds is 4. The molecule has 0 saturated carbocycles. The average Bonchev–Trinajstić information content (AvgIpc) is 2.66. The monoisotopic (exact) mass is 420 g/mol. The van der Waals surface area contributed by atoms with Crippen LogP contribution in [-0.4, -0.2) is 39.4 Å². The molecular weight excluding hydrogens is 396 g/mol. The maximum atomic E-state index is 12.8. The summed E-state index contributed by atoms with van der Waals surface area (Å²) >= 11 is 5.84. The normalized spacial score (nSPS) is 16.6. The van der Waals surface area contributed by atoms with Crippen molar-refractivity contribution in [3.63, 3.8) is 0 Å². The average molecular weight is 421 g/mol. The van der Waals surface area contributed by atoms with E-state index in [0.29, 0.717) is 16.3 Å². The van der Waals surface area contributed by atoms with Gasteiger partial charge in [-0.2, -0.15) is 0 Å². The van der Waals surface area contributed by atoms with Gasteiger partial charge in [-0.05, 0) is 66.8 Å². The number of hydrogen-bond acceptors (Lipinski definition) is 3. The quantitative estimate of drug-likeness (QED) is 0.735. The highest BCUT2D eigenvalue weighted by atomic mass is 35.5. The van der Waals surface area contributed by atoms with E-state index in [2.05, 4.69) is 13.8 Å². The first-order chi connectivity index (χ1) is 13.1. The Labute approximate surface area is 172 Å². The standard InChI is InChI=1S/C21H25ClN2O3S/c1-21(2)13-4-14-24(15-21)20(25)16-5-9-18(10-6-16)23(3)28(26,27)19-11-7-17(22)8-12-19/h5-12H,4,13-15H2,1-3H3. The summed E-state index contributed by atoms with van der Waals surface area (Å²) in [7, 11) is -2.20. The summed E-state index contributed by atoms with van der Waals surface area (Å²) in [5.74, 6) is -0.0115. The lowest BCUT2D eigenvalue weighted by atomic mass is 9.84. The first-order valence-corrected chi connectivity index (χ1v) is 11.1. The van der Waals surface area contributed by atoms with Gasteiger partial charge >= 0.3 is 0 Å². The molecule has 0 aliphatic carbocycles. The number of likely N-dealkylation sites (tertiary alicyclic amines) is 1. The maximum absolute atomic E-state index is 12.8. The van der Waals surface area contributed by atoms with Crippen LogP contribution in [0.5, 0.6) is 0 Å². The second-order valence-corrected chi connectivity index (χ2v) is 10.4. The van der Waals surface area contributed by atoms with Crippen LogP contribution in [0, 0.1) is 5.41 Å². The molecule has 5 nitrogen and oxygen atoms in total. The van der Waals surface area contributed by atoms with Gasteiger partial charge in [0.25, 0.3) is 15.9 Å². The fourth-order valence-electron chi connectivity index (χ4n) is 3.50. The van der Waals surface area contributed by atoms with Crippen LogP contribution in [0.15, 0.2) is 53.4 Å². The highest BCUT2D eigenvalue weighted by Crippen LogP contribution is 2.30. The number of nitrogens with zero attached hydrogens (tertiary/aromatic N) is 2. The fraction of sp³-hybridized carbons (Fsp3) is 0.381. The Morgan fingerprint density at radius 1 is 1.07 bits per heavy atom. The van der Waals surface area contributed by atoms with E-state index in [0.717, 1.165) is 25.9 Å². The number of piperidine rings is 1. The van der Waals surface area contributed by atoms with Gasteiger partial charge in [-0.3, -0.25) is 9.10 Å². The lowest BCUT2D eigenvalue weighted by Gasteiger charge is -2.38. The number of halogens is 1. The minimum atomic E-state index is -3.70. The van der Waals surface area contributed by atoms with Crippen LogP contribution >= 0.6 is 11.6 Å². The number of benzene rings is 2. The number of sulfonamides is 1. The minimum absolute atomic E-state index is 0.0115. The molecule has 28 heavy (non-hydrogen) atoms. The topological polar surface area (TPSA) is 57.7 Å². The largest absolute Gasteiger partial charge is 0.338 e. The SMILES string of the molecule is CN(c1ccc(C(=O)N2CCCC(C)(C)C2)cc1)S(=O)(=O)c1ccc(Cl)cc1. The molecule has 1 heterocycles. The molecule has 2 aromatic carbocycles. The molecule has 1 aliphatic heterocycles. The highest BCUT2D eigenvalue weighted by molar-refractivity contribution is 7.92. The van der Waals surface area contributed by atoms with Crippen LogP contribution in [0.3, 0.4) is 0 Å². The second-order valence-electron chi connectivity index (χ2n) is 7.97. The Bertz CT molecular complexity index is 954. The highest BCUT2D eigenvalue weighted by Gasteiger charge is 2.29. The third-order valence-electron chi connectivity index (χ3n) is 5.14. The fourth-order valence-corrected chi connectivity index (χ4v) is 4.82. The van der Waals surface area contributed by atoms with E-state index < -0.39 is 10.0 Å². The first kappa shape index (κ1) is 20.7. The van der Waals surface area contributed by atoms with E-state index in [-0.39, 0.29) is 16.2 Å². The van der Waals surface area contributed by atoms with Gasteiger partial charge in [0, 0.05) is 30.7 Å². The summed E-state index contributed by atoms with van der Waals surface area (Å²) in [6.07, 6.45) is 2.11. The van der Waals surface area contributed by atoms with Crippen molar-refractivity contribution in [3.8, 4) is 0 Å². The van der Waals surface area contributed by atoms with Crippen molar-refractivity contribution in [2.45, 2.75) is 31.6 Å². The summed E-state index contributed by atoms with van der Waals surface area (Å²) < 4.78 is 26.8. The molecule has 0 N–H and O–H groups in total. The van der Waals surface area contributed by atoms with Crippen molar-refractivity contribution in [1.29, 1.82) is 0 Å². The van der Waals surface area contributed by atoms with Crippen molar-refractivity contribution in [2.75, 3.05) is 24.4 Å². The molecule has 1 aliphatic rings. The van der Waals surface area contributed by atoms with E-state index in [1.807, 2.05) is 4.90 Å². The van der Waals surface area contributed by atoms with Crippen LogP contribution < -0.4 is 4.31 Å². The molecule has 0 aromatic heterocycles. The van der Waals surface area contributed by atoms with Crippen LogP contribution in [-0.2, 0) is 10.0 Å². The molecule has 0 atom stereocenters. The molecule has 150 valence electrons. The molecule has 1 fully saturated rings. The third kappa shape index (κ3) is 4.33. The van der Waals surface area contributed by atoms with Crippen LogP contribution in [0.4, 0.5) is 5.69 Å². The van der Waals surface area contributed by atoms with Gasteiger partial charge in [0.2, 0.25) is 0 Å². The van der Waals surface area contributed by atoms with Gasteiger partial charge in [0.05, 0.1) is 10.6 Å². The summed E-state index contributed by atoms with van der Waals surface area (Å²) in [5, 5.41) is 0.477. The van der Waals surface area contributed by atoms with Gasteiger partial charge in [0.1, 0.15) is 0 Å². The van der Waals surface area contributed by atoms with E-state index in [1.54, 1.807) is 36.4 Å². The lowest BCUT2D eigenvalue weighted by molar-refractivity contribution is 0.0583. The van der Waals surface area contributed by atoms with E-state index in [1.165, 1.54) is 23.5 Å². The predicted octanol–water partition coefficient (Wildman–Crippen LogP) is 4.43. The van der Waals surface area contributed by atoms with Crippen LogP contribution in [0.1, 0.15) is 37.0 Å². The van der Waals surface area contributed by atoms with Crippen molar-refractivity contribution in [3.05, 3.63) is 59.1 Å². The zero-order chi connectivity index (χ0) is 20.5. The zero-order valence-electron chi connectivity index (χ0n) is 16.4. The number of carbonyl (C=O) groups is 1. The first-order valence-electron chi connectivity index (χ1n) is 9.24. The molecule has 0 unspecified atom stereocenters. The Morgan fingerprint density at radius 3 is 2.25 bits per heavy atom. The van der Waals surface area contributed by atoms with Crippen molar-refractivity contribution in [2.24, 2.45) is 5.41 Å². The zero-order valence-corrected chi connectivity index (χ0v) is 17.9. The second kappa shape index (κ2) is 7.76. The molecule has 0 spiro atoms. The molecule has 0 radical (unpaired) electrons. The number of amides is 1. The third-order valence-corrected chi connectivity index (χ3v) is 7.19.